The molecule has 4 aromatic rings. The van der Waals surface area contributed by atoms with Crippen LogP contribution in [0.2, 0.25) is 0 Å². The minimum atomic E-state index is -4.54. The summed E-state index contributed by atoms with van der Waals surface area (Å²) in [6, 6.07) is 23.2. The number of hydrogen-bond donors (Lipinski definition) is 0. The van der Waals surface area contributed by atoms with E-state index in [0.29, 0.717) is 35.6 Å². The molecule has 3 aromatic carbocycles. The monoisotopic (exact) mass is 589 g/mol. The number of carbonyl (C=O) groups excluding carboxylic acids is 1. The van der Waals surface area contributed by atoms with Crippen molar-refractivity contribution in [1.82, 2.24) is 13.9 Å². The molecule has 0 unspecified atom stereocenters. The van der Waals surface area contributed by atoms with Crippen molar-refractivity contribution in [3.63, 3.8) is 0 Å². The summed E-state index contributed by atoms with van der Waals surface area (Å²) in [5.41, 5.74) is 2.25. The number of carbonyl (C=O) groups is 1. The number of alkyl halides is 3. The first-order valence-electron chi connectivity index (χ1n) is 11.4. The summed E-state index contributed by atoms with van der Waals surface area (Å²) >= 11 is 9.57. The van der Waals surface area contributed by atoms with Crippen LogP contribution in [-0.4, -0.2) is 47.0 Å². The molecule has 0 saturated heterocycles. The van der Waals surface area contributed by atoms with Crippen LogP contribution < -0.4 is 0 Å². The minimum absolute atomic E-state index is 0.0173. The fraction of sp³-hybridized carbons (Fsp3) is 0.179. The minimum Gasteiger partial charge on any atom is -0.309 e. The molecule has 0 N–H and O–H groups in total. The van der Waals surface area contributed by atoms with Crippen molar-refractivity contribution in [2.75, 3.05) is 27.2 Å². The SMILES string of the molecule is CN(C)CCN(Cl)C(=O)c1ccc(-c2ccc(-c3ccc(Br)cc3)n2-c2ccccc2C(F)(F)F)cc1. The Bertz CT molecular complexity index is 1380. The third kappa shape index (κ3) is 6.09. The molecule has 0 aliphatic carbocycles. The molecule has 0 fully saturated rings. The lowest BCUT2D eigenvalue weighted by Crippen LogP contribution is -2.29. The number of likely N-dealkylation sites (N-methyl/N-ethyl adjacent to an activating group) is 1. The van der Waals surface area contributed by atoms with Crippen molar-refractivity contribution in [3.05, 3.63) is 101 Å². The van der Waals surface area contributed by atoms with E-state index < -0.39 is 11.7 Å². The van der Waals surface area contributed by atoms with Crippen molar-refractivity contribution < 1.29 is 18.0 Å². The maximum absolute atomic E-state index is 14.0. The molecule has 0 aliphatic heterocycles. The smallest absolute Gasteiger partial charge is 0.309 e. The fourth-order valence-corrected chi connectivity index (χ4v) is 4.43. The fourth-order valence-electron chi connectivity index (χ4n) is 3.99. The number of rotatable bonds is 7. The molecule has 0 aliphatic rings. The molecular formula is C28H24BrClF3N3O. The Morgan fingerprint density at radius 1 is 0.838 bits per heavy atom. The topological polar surface area (TPSA) is 28.5 Å². The molecule has 1 aromatic heterocycles. The standard InChI is InChI=1S/C28H24BrClF3N3O/c1-34(2)17-18-35(30)27(37)21-9-7-19(8-10-21)24-15-16-25(20-11-13-22(29)14-12-20)36(24)26-6-4-3-5-23(26)28(31,32)33/h3-16H,17-18H2,1-2H3. The van der Waals surface area contributed by atoms with Crippen LogP contribution in [0.15, 0.2) is 89.4 Å². The van der Waals surface area contributed by atoms with Gasteiger partial charge in [-0.15, -0.1) is 0 Å². The van der Waals surface area contributed by atoms with Crippen molar-refractivity contribution in [1.29, 1.82) is 0 Å². The van der Waals surface area contributed by atoms with Gasteiger partial charge in [0.25, 0.3) is 5.91 Å². The number of amides is 1. The van der Waals surface area contributed by atoms with Crippen LogP contribution in [0.5, 0.6) is 0 Å². The van der Waals surface area contributed by atoms with Gasteiger partial charge >= 0.3 is 6.18 Å². The van der Waals surface area contributed by atoms with Gasteiger partial charge < -0.3 is 9.47 Å². The predicted molar refractivity (Wildman–Crippen MR) is 145 cm³/mol. The summed E-state index contributed by atoms with van der Waals surface area (Å²) in [4.78, 5) is 14.6. The molecule has 0 bridgehead atoms. The third-order valence-electron chi connectivity index (χ3n) is 5.86. The molecule has 37 heavy (non-hydrogen) atoms. The first-order chi connectivity index (χ1) is 17.6. The second-order valence-corrected chi connectivity index (χ2v) is 10.1. The van der Waals surface area contributed by atoms with E-state index in [1.807, 2.05) is 43.3 Å². The molecule has 0 saturated carbocycles. The summed E-state index contributed by atoms with van der Waals surface area (Å²) in [6.45, 7) is 0.959. The predicted octanol–water partition coefficient (Wildman–Crippen LogP) is 7.75. The highest BCUT2D eigenvalue weighted by Gasteiger charge is 2.34. The van der Waals surface area contributed by atoms with E-state index in [9.17, 15) is 18.0 Å². The van der Waals surface area contributed by atoms with Gasteiger partial charge in [0, 0.05) is 28.4 Å². The van der Waals surface area contributed by atoms with Crippen LogP contribution in [-0.2, 0) is 6.18 Å². The van der Waals surface area contributed by atoms with Crippen LogP contribution in [0.3, 0.4) is 0 Å². The molecule has 1 heterocycles. The van der Waals surface area contributed by atoms with E-state index in [2.05, 4.69) is 15.9 Å². The zero-order valence-electron chi connectivity index (χ0n) is 20.1. The van der Waals surface area contributed by atoms with Crippen molar-refractivity contribution in [2.24, 2.45) is 0 Å². The summed E-state index contributed by atoms with van der Waals surface area (Å²) < 4.78 is 45.6. The highest BCUT2D eigenvalue weighted by atomic mass is 79.9. The van der Waals surface area contributed by atoms with Crippen LogP contribution in [0.4, 0.5) is 13.2 Å². The highest BCUT2D eigenvalue weighted by Crippen LogP contribution is 2.39. The average Bonchev–Trinajstić information content (AvgIpc) is 3.32. The summed E-state index contributed by atoms with van der Waals surface area (Å²) in [5.74, 6) is -0.344. The Kier molecular flexibility index (Phi) is 8.11. The Hall–Kier alpha value is -3.07. The Morgan fingerprint density at radius 2 is 1.38 bits per heavy atom. The first kappa shape index (κ1) is 27.0. The lowest BCUT2D eigenvalue weighted by atomic mass is 10.1. The number of hydrogen-bond acceptors (Lipinski definition) is 2. The molecule has 192 valence electrons. The quantitative estimate of drug-likeness (QED) is 0.206. The van der Waals surface area contributed by atoms with Crippen LogP contribution in [0, 0.1) is 0 Å². The highest BCUT2D eigenvalue weighted by molar-refractivity contribution is 9.10. The van der Waals surface area contributed by atoms with Gasteiger partial charge in [-0.25, -0.2) is 4.42 Å². The third-order valence-corrected chi connectivity index (χ3v) is 6.71. The van der Waals surface area contributed by atoms with Gasteiger partial charge in [-0.2, -0.15) is 13.2 Å². The number of halogens is 5. The van der Waals surface area contributed by atoms with Crippen LogP contribution in [0.25, 0.3) is 28.2 Å². The van der Waals surface area contributed by atoms with Crippen molar-refractivity contribution >= 4 is 33.6 Å². The molecule has 4 rings (SSSR count). The number of benzene rings is 3. The lowest BCUT2D eigenvalue weighted by molar-refractivity contribution is -0.137. The molecule has 9 heteroatoms. The van der Waals surface area contributed by atoms with E-state index >= 15 is 0 Å². The van der Waals surface area contributed by atoms with E-state index in [-0.39, 0.29) is 11.6 Å². The first-order valence-corrected chi connectivity index (χ1v) is 12.6. The normalized spacial score (nSPS) is 11.7. The molecule has 0 atom stereocenters. The van der Waals surface area contributed by atoms with Crippen LogP contribution >= 0.6 is 27.7 Å². The maximum atomic E-state index is 14.0. The van der Waals surface area contributed by atoms with E-state index in [1.165, 1.54) is 12.1 Å². The zero-order chi connectivity index (χ0) is 26.7. The number of para-hydroxylation sites is 1. The van der Waals surface area contributed by atoms with E-state index in [4.69, 9.17) is 11.8 Å². The van der Waals surface area contributed by atoms with Gasteiger partial charge in [0.15, 0.2) is 0 Å². The lowest BCUT2D eigenvalue weighted by Gasteiger charge is -2.20. The molecule has 0 radical (unpaired) electrons. The number of aromatic nitrogens is 1. The van der Waals surface area contributed by atoms with Gasteiger partial charge in [0.2, 0.25) is 0 Å². The van der Waals surface area contributed by atoms with Crippen LogP contribution in [0.1, 0.15) is 15.9 Å². The van der Waals surface area contributed by atoms with Gasteiger partial charge in [-0.05, 0) is 73.8 Å². The molecule has 1 amide bonds. The van der Waals surface area contributed by atoms with Gasteiger partial charge in [0.05, 0.1) is 29.2 Å². The van der Waals surface area contributed by atoms with Crippen molar-refractivity contribution in [2.45, 2.75) is 6.18 Å². The van der Waals surface area contributed by atoms with E-state index in [0.717, 1.165) is 20.5 Å². The maximum Gasteiger partial charge on any atom is 0.418 e. The van der Waals surface area contributed by atoms with E-state index in [1.54, 1.807) is 47.0 Å². The molecule has 4 nitrogen and oxygen atoms in total. The average molecular weight is 591 g/mol. The second kappa shape index (κ2) is 11.1. The van der Waals surface area contributed by atoms with Crippen molar-refractivity contribution in [3.8, 4) is 28.2 Å². The number of nitrogens with zero attached hydrogens (tertiary/aromatic N) is 3. The zero-order valence-corrected chi connectivity index (χ0v) is 22.5. The molecular weight excluding hydrogens is 567 g/mol. The largest absolute Gasteiger partial charge is 0.418 e. The molecule has 0 spiro atoms. The van der Waals surface area contributed by atoms with Gasteiger partial charge in [0.1, 0.15) is 0 Å². The summed E-state index contributed by atoms with van der Waals surface area (Å²) in [7, 11) is 3.77. The Labute approximate surface area is 227 Å². The summed E-state index contributed by atoms with van der Waals surface area (Å²) in [6.07, 6.45) is -4.54. The van der Waals surface area contributed by atoms with Gasteiger partial charge in [-0.1, -0.05) is 52.3 Å². The second-order valence-electron chi connectivity index (χ2n) is 8.73. The Balaban J connectivity index is 1.80. The summed E-state index contributed by atoms with van der Waals surface area (Å²) in [5, 5.41) is 0. The Morgan fingerprint density at radius 3 is 1.92 bits per heavy atom. The van der Waals surface area contributed by atoms with Gasteiger partial charge in [-0.3, -0.25) is 4.79 Å².